The zero-order valence-corrected chi connectivity index (χ0v) is 13.7. The van der Waals surface area contributed by atoms with E-state index in [-0.39, 0.29) is 12.2 Å². The molecule has 22 heavy (non-hydrogen) atoms. The number of hydrogen-bond acceptors (Lipinski definition) is 6. The van der Waals surface area contributed by atoms with Crippen molar-refractivity contribution in [2.45, 2.75) is 25.7 Å². The second-order valence-electron chi connectivity index (χ2n) is 4.75. The lowest BCUT2D eigenvalue weighted by atomic mass is 10.2. The van der Waals surface area contributed by atoms with Gasteiger partial charge in [0.25, 0.3) is 0 Å². The van der Waals surface area contributed by atoms with E-state index in [4.69, 9.17) is 9.47 Å². The van der Waals surface area contributed by atoms with Crippen LogP contribution in [0.3, 0.4) is 0 Å². The van der Waals surface area contributed by atoms with E-state index in [1.165, 1.54) is 0 Å². The van der Waals surface area contributed by atoms with Crippen LogP contribution in [0, 0.1) is 0 Å². The highest BCUT2D eigenvalue weighted by atomic mass is 16.6. The van der Waals surface area contributed by atoms with E-state index in [1.54, 1.807) is 14.1 Å². The minimum absolute atomic E-state index is 0.373. The summed E-state index contributed by atoms with van der Waals surface area (Å²) >= 11 is 0. The molecule has 0 aliphatic rings. The molecule has 8 heteroatoms. The lowest BCUT2D eigenvalue weighted by Crippen LogP contribution is -2.28. The van der Waals surface area contributed by atoms with Gasteiger partial charge >= 0.3 is 12.2 Å². The first-order chi connectivity index (χ1) is 10.7. The Hall–Kier alpha value is -1.54. The summed E-state index contributed by atoms with van der Waals surface area (Å²) in [7, 11) is 3.61. The normalized spacial score (nSPS) is 10.1. The topological polar surface area (TPSA) is 101 Å². The number of carbonyl (C=O) groups excluding carboxylic acids is 2. The fraction of sp³-hybridized carbons (Fsp3) is 0.857. The Morgan fingerprint density at radius 3 is 1.45 bits per heavy atom. The maximum atomic E-state index is 11.2. The summed E-state index contributed by atoms with van der Waals surface area (Å²) in [5.74, 6) is 0. The molecule has 0 saturated carbocycles. The van der Waals surface area contributed by atoms with Gasteiger partial charge in [-0.15, -0.1) is 0 Å². The molecule has 0 aliphatic carbocycles. The van der Waals surface area contributed by atoms with Crippen LogP contribution in [0.15, 0.2) is 0 Å². The number of nitrogens with one attached hydrogen (secondary N) is 4. The Morgan fingerprint density at radius 1 is 0.682 bits per heavy atom. The van der Waals surface area contributed by atoms with Crippen LogP contribution in [0.2, 0.25) is 0 Å². The van der Waals surface area contributed by atoms with E-state index in [2.05, 4.69) is 21.3 Å². The summed E-state index contributed by atoms with van der Waals surface area (Å²) < 4.78 is 9.83. The van der Waals surface area contributed by atoms with Crippen LogP contribution in [0.25, 0.3) is 0 Å². The summed E-state index contributed by atoms with van der Waals surface area (Å²) in [5, 5.41) is 11.2. The van der Waals surface area contributed by atoms with Gasteiger partial charge in [-0.25, -0.2) is 9.59 Å². The van der Waals surface area contributed by atoms with E-state index in [1.807, 2.05) is 0 Å². The van der Waals surface area contributed by atoms with Gasteiger partial charge in [0.2, 0.25) is 0 Å². The molecule has 4 N–H and O–H groups in total. The van der Waals surface area contributed by atoms with Gasteiger partial charge in [-0.05, 0) is 26.9 Å². The third-order valence-electron chi connectivity index (χ3n) is 2.81. The number of unbranched alkanes of at least 4 members (excludes halogenated alkanes) is 3. The van der Waals surface area contributed by atoms with Crippen molar-refractivity contribution in [2.75, 3.05) is 53.5 Å². The standard InChI is InChI=1S/C14H30N4O4/c1-15-9-11-21-13(19)17-7-5-3-4-6-8-18-14(20)22-12-10-16-2/h15-16H,3-12H2,1-2H3,(H,17,19)(H,18,20). The molecule has 0 bridgehead atoms. The maximum absolute atomic E-state index is 11.2. The predicted octanol–water partition coefficient (Wildman–Crippen LogP) is 0.438. The van der Waals surface area contributed by atoms with Crippen LogP contribution in [0.1, 0.15) is 25.7 Å². The highest BCUT2D eigenvalue weighted by molar-refractivity contribution is 5.67. The van der Waals surface area contributed by atoms with Gasteiger partial charge in [-0.2, -0.15) is 0 Å². The second-order valence-corrected chi connectivity index (χ2v) is 4.75. The maximum Gasteiger partial charge on any atom is 0.407 e. The first-order valence-electron chi connectivity index (χ1n) is 7.81. The zero-order chi connectivity index (χ0) is 16.5. The van der Waals surface area contributed by atoms with E-state index in [9.17, 15) is 9.59 Å². The monoisotopic (exact) mass is 318 g/mol. The molecule has 8 nitrogen and oxygen atoms in total. The minimum Gasteiger partial charge on any atom is -0.448 e. The number of alkyl carbamates (subject to hydrolysis) is 2. The predicted molar refractivity (Wildman–Crippen MR) is 85.0 cm³/mol. The number of likely N-dealkylation sites (N-methyl/N-ethyl adjacent to an activating group) is 2. The molecular formula is C14H30N4O4. The first-order valence-corrected chi connectivity index (χ1v) is 7.81. The Kier molecular flexibility index (Phi) is 14.7. The molecule has 0 radical (unpaired) electrons. The van der Waals surface area contributed by atoms with Crippen LogP contribution in [0.4, 0.5) is 9.59 Å². The van der Waals surface area contributed by atoms with Crippen molar-refractivity contribution in [1.29, 1.82) is 0 Å². The Balaban J connectivity index is 3.23. The van der Waals surface area contributed by atoms with Gasteiger partial charge < -0.3 is 30.7 Å². The summed E-state index contributed by atoms with van der Waals surface area (Å²) in [4.78, 5) is 22.4. The smallest absolute Gasteiger partial charge is 0.407 e. The molecule has 0 aromatic rings. The lowest BCUT2D eigenvalue weighted by Gasteiger charge is -2.07. The molecule has 0 atom stereocenters. The van der Waals surface area contributed by atoms with Crippen molar-refractivity contribution >= 4 is 12.2 Å². The SMILES string of the molecule is CNCCOC(=O)NCCCCCCNC(=O)OCCNC. The molecule has 0 unspecified atom stereocenters. The third-order valence-corrected chi connectivity index (χ3v) is 2.81. The van der Waals surface area contributed by atoms with Gasteiger partial charge in [-0.3, -0.25) is 0 Å². The Morgan fingerprint density at radius 2 is 1.09 bits per heavy atom. The van der Waals surface area contributed by atoms with E-state index >= 15 is 0 Å². The molecule has 0 saturated heterocycles. The quantitative estimate of drug-likeness (QED) is 0.368. The van der Waals surface area contributed by atoms with Crippen LogP contribution in [0.5, 0.6) is 0 Å². The fourth-order valence-corrected chi connectivity index (χ4v) is 1.58. The van der Waals surface area contributed by atoms with Crippen molar-refractivity contribution < 1.29 is 19.1 Å². The second kappa shape index (κ2) is 15.8. The molecule has 2 amide bonds. The number of ether oxygens (including phenoxy) is 2. The number of amides is 2. The van der Waals surface area contributed by atoms with Crippen LogP contribution >= 0.6 is 0 Å². The van der Waals surface area contributed by atoms with Crippen molar-refractivity contribution in [3.63, 3.8) is 0 Å². The Labute approximate surface area is 132 Å². The molecule has 0 rings (SSSR count). The average molecular weight is 318 g/mol. The summed E-state index contributed by atoms with van der Waals surface area (Å²) in [6.45, 7) is 3.27. The lowest BCUT2D eigenvalue weighted by molar-refractivity contribution is 0.146. The summed E-state index contributed by atoms with van der Waals surface area (Å²) in [6.07, 6.45) is 3.03. The summed E-state index contributed by atoms with van der Waals surface area (Å²) in [6, 6.07) is 0. The van der Waals surface area contributed by atoms with E-state index in [0.717, 1.165) is 25.7 Å². The average Bonchev–Trinajstić information content (AvgIpc) is 2.50. The van der Waals surface area contributed by atoms with Gasteiger partial charge in [0.15, 0.2) is 0 Å². The first kappa shape index (κ1) is 20.5. The van der Waals surface area contributed by atoms with Gasteiger partial charge in [0.1, 0.15) is 13.2 Å². The molecule has 0 aliphatic heterocycles. The van der Waals surface area contributed by atoms with Gasteiger partial charge in [-0.1, -0.05) is 12.8 Å². The van der Waals surface area contributed by atoms with Crippen LogP contribution in [-0.4, -0.2) is 65.7 Å². The van der Waals surface area contributed by atoms with Gasteiger partial charge in [0.05, 0.1) is 0 Å². The molecule has 0 aromatic heterocycles. The third kappa shape index (κ3) is 14.9. The van der Waals surface area contributed by atoms with Gasteiger partial charge in [0, 0.05) is 26.2 Å². The highest BCUT2D eigenvalue weighted by Gasteiger charge is 2.01. The van der Waals surface area contributed by atoms with Crippen LogP contribution in [-0.2, 0) is 9.47 Å². The highest BCUT2D eigenvalue weighted by Crippen LogP contribution is 1.98. The van der Waals surface area contributed by atoms with Crippen LogP contribution < -0.4 is 21.3 Å². The largest absolute Gasteiger partial charge is 0.448 e. The molecular weight excluding hydrogens is 288 g/mol. The molecule has 130 valence electrons. The minimum atomic E-state index is -0.374. The number of rotatable bonds is 13. The van der Waals surface area contributed by atoms with Crippen molar-refractivity contribution in [2.24, 2.45) is 0 Å². The van der Waals surface area contributed by atoms with E-state index in [0.29, 0.717) is 39.4 Å². The van der Waals surface area contributed by atoms with Crippen molar-refractivity contribution in [3.8, 4) is 0 Å². The number of carbonyl (C=O) groups is 2. The molecule has 0 aromatic carbocycles. The molecule has 0 fully saturated rings. The Bertz CT molecular complexity index is 262. The van der Waals surface area contributed by atoms with Crippen molar-refractivity contribution in [3.05, 3.63) is 0 Å². The summed E-state index contributed by atoms with van der Waals surface area (Å²) in [5.41, 5.74) is 0. The van der Waals surface area contributed by atoms with E-state index < -0.39 is 0 Å². The molecule has 0 spiro atoms. The number of hydrogen-bond donors (Lipinski definition) is 4. The zero-order valence-electron chi connectivity index (χ0n) is 13.7. The van der Waals surface area contributed by atoms with Crippen molar-refractivity contribution in [1.82, 2.24) is 21.3 Å². The fourth-order valence-electron chi connectivity index (χ4n) is 1.58. The molecule has 0 heterocycles.